The van der Waals surface area contributed by atoms with E-state index >= 15 is 0 Å². The van der Waals surface area contributed by atoms with Gasteiger partial charge in [0, 0.05) is 35.9 Å². The molecule has 1 aliphatic heterocycles. The van der Waals surface area contributed by atoms with Gasteiger partial charge < -0.3 is 26.4 Å². The Labute approximate surface area is 218 Å². The first-order chi connectivity index (χ1) is 17.2. The van der Waals surface area contributed by atoms with Crippen molar-refractivity contribution in [2.24, 2.45) is 0 Å². The number of aryl methyl sites for hydroxylation is 1. The number of aromatic nitrogens is 2. The highest BCUT2D eigenvalue weighted by atomic mass is 35.5. The number of nitrogens with two attached hydrogens (primary N) is 1. The number of carbonyl (C=O) groups excluding carboxylic acids is 1. The van der Waals surface area contributed by atoms with Crippen molar-refractivity contribution in [3.8, 4) is 11.3 Å². The summed E-state index contributed by atoms with van der Waals surface area (Å²) in [6, 6.07) is 12.0. The highest BCUT2D eigenvalue weighted by molar-refractivity contribution is 6.36. The lowest BCUT2D eigenvalue weighted by Crippen LogP contribution is -2.49. The van der Waals surface area contributed by atoms with Gasteiger partial charge in [-0.05, 0) is 62.4 Å². The second kappa shape index (κ2) is 11.3. The van der Waals surface area contributed by atoms with Crippen LogP contribution in [0.2, 0.25) is 10.0 Å². The third-order valence-electron chi connectivity index (χ3n) is 5.84. The summed E-state index contributed by atoms with van der Waals surface area (Å²) in [5, 5.41) is 23.8. The molecule has 12 heteroatoms. The minimum absolute atomic E-state index is 0.00734. The van der Waals surface area contributed by atoms with E-state index in [9.17, 15) is 10.0 Å². The molecule has 1 amide bonds. The van der Waals surface area contributed by atoms with Gasteiger partial charge in [-0.15, -0.1) is 0 Å². The van der Waals surface area contributed by atoms with E-state index in [4.69, 9.17) is 39.1 Å². The van der Waals surface area contributed by atoms with Gasteiger partial charge in [-0.25, -0.2) is 4.98 Å². The van der Waals surface area contributed by atoms with E-state index in [0.717, 1.165) is 24.3 Å². The number of pyridine rings is 2. The molecule has 190 valence electrons. The number of likely N-dealkylation sites (N-methyl/N-ethyl adjacent to an activating group) is 1. The maximum atomic E-state index is 12.8. The number of hydrogen-bond donors (Lipinski definition) is 3. The molecule has 1 fully saturated rings. The van der Waals surface area contributed by atoms with E-state index in [2.05, 4.69) is 10.3 Å². The number of amides is 1. The van der Waals surface area contributed by atoms with Gasteiger partial charge in [-0.1, -0.05) is 23.2 Å². The van der Waals surface area contributed by atoms with Gasteiger partial charge >= 0.3 is 0 Å². The molecule has 10 nitrogen and oxygen atoms in total. The van der Waals surface area contributed by atoms with Gasteiger partial charge in [0.05, 0.1) is 28.6 Å². The van der Waals surface area contributed by atoms with Gasteiger partial charge in [-0.3, -0.25) is 19.9 Å². The SMILES string of the molecule is CN1CCN(c2ccc(CCCNc3ccc(N([O-])O)c(N)n3)nc2-c2ccc(Cl)cc2Cl)C(=O)C1. The topological polar surface area (TPSA) is 134 Å². The van der Waals surface area contributed by atoms with Crippen molar-refractivity contribution in [3.05, 3.63) is 63.4 Å². The van der Waals surface area contributed by atoms with Crippen LogP contribution in [0.4, 0.5) is 23.0 Å². The van der Waals surface area contributed by atoms with Gasteiger partial charge in [0.1, 0.15) is 5.82 Å². The number of nitrogens with one attached hydrogen (secondary N) is 1. The summed E-state index contributed by atoms with van der Waals surface area (Å²) in [7, 11) is 1.92. The zero-order valence-corrected chi connectivity index (χ0v) is 21.1. The number of rotatable bonds is 8. The molecule has 0 aliphatic carbocycles. The van der Waals surface area contributed by atoms with Crippen molar-refractivity contribution in [1.29, 1.82) is 0 Å². The van der Waals surface area contributed by atoms with Crippen molar-refractivity contribution in [2.45, 2.75) is 12.8 Å². The summed E-state index contributed by atoms with van der Waals surface area (Å²) in [6.07, 6.45) is 1.38. The Morgan fingerprint density at radius 3 is 2.67 bits per heavy atom. The Balaban J connectivity index is 1.51. The number of nitrogen functional groups attached to an aromatic ring is 1. The standard InChI is InChI=1S/C24H26Cl2N7O3/c1-31-11-12-32(22(34)14-31)19-7-5-16(29-23(19)17-6-4-15(25)13-18(17)26)3-2-10-28-21-9-8-20(33(35)36)24(27)30-21/h4-9,13,35H,2-3,10-12,14H2,1H3,(H3,27,28,30)/q-1. The minimum Gasteiger partial charge on any atom is -0.733 e. The van der Waals surface area contributed by atoms with Crippen molar-refractivity contribution >= 4 is 52.1 Å². The van der Waals surface area contributed by atoms with Gasteiger partial charge in [0.2, 0.25) is 5.91 Å². The lowest BCUT2D eigenvalue weighted by atomic mass is 10.1. The van der Waals surface area contributed by atoms with Gasteiger partial charge in [-0.2, -0.15) is 0 Å². The normalized spacial score (nSPS) is 14.2. The monoisotopic (exact) mass is 530 g/mol. The van der Waals surface area contributed by atoms with Crippen LogP contribution in [0.25, 0.3) is 11.3 Å². The Morgan fingerprint density at radius 1 is 1.17 bits per heavy atom. The average Bonchev–Trinajstić information content (AvgIpc) is 2.82. The summed E-state index contributed by atoms with van der Waals surface area (Å²) in [6.45, 7) is 2.24. The van der Waals surface area contributed by atoms with E-state index in [1.807, 2.05) is 30.1 Å². The fourth-order valence-electron chi connectivity index (χ4n) is 3.99. The van der Waals surface area contributed by atoms with E-state index in [-0.39, 0.29) is 22.6 Å². The molecular formula is C24H26Cl2N7O3-. The van der Waals surface area contributed by atoms with Crippen LogP contribution in [0.3, 0.4) is 0 Å². The largest absolute Gasteiger partial charge is 0.733 e. The zero-order chi connectivity index (χ0) is 25.8. The Bertz CT molecular complexity index is 1260. The first-order valence-electron chi connectivity index (χ1n) is 11.3. The van der Waals surface area contributed by atoms with E-state index in [0.29, 0.717) is 53.2 Å². The number of piperazine rings is 1. The Hall–Kier alpha value is -3.15. The third kappa shape index (κ3) is 5.97. The zero-order valence-electron chi connectivity index (χ0n) is 19.6. The molecule has 0 saturated carbocycles. The molecule has 3 aromatic rings. The van der Waals surface area contributed by atoms with Crippen LogP contribution in [-0.4, -0.2) is 59.2 Å². The second-order valence-corrected chi connectivity index (χ2v) is 9.33. The predicted molar refractivity (Wildman–Crippen MR) is 143 cm³/mol. The summed E-state index contributed by atoms with van der Waals surface area (Å²) in [5.74, 6) is 0.425. The van der Waals surface area contributed by atoms with Crippen LogP contribution in [0, 0.1) is 5.21 Å². The fourth-order valence-corrected chi connectivity index (χ4v) is 4.49. The number of carbonyl (C=O) groups is 1. The highest BCUT2D eigenvalue weighted by Crippen LogP contribution is 2.36. The molecule has 0 bridgehead atoms. The van der Waals surface area contributed by atoms with Crippen molar-refractivity contribution in [2.75, 3.05) is 54.4 Å². The minimum atomic E-state index is -0.318. The first-order valence-corrected chi connectivity index (χ1v) is 12.1. The molecule has 1 saturated heterocycles. The number of anilines is 4. The van der Waals surface area contributed by atoms with Crippen LogP contribution in [0.5, 0.6) is 0 Å². The average molecular weight is 531 g/mol. The van der Waals surface area contributed by atoms with Crippen LogP contribution in [0.15, 0.2) is 42.5 Å². The number of nitrogens with zero attached hydrogens (tertiary/aromatic N) is 5. The van der Waals surface area contributed by atoms with Gasteiger partial charge in [0.15, 0.2) is 5.82 Å². The summed E-state index contributed by atoms with van der Waals surface area (Å²) < 4.78 is 0. The number of benzene rings is 1. The molecule has 36 heavy (non-hydrogen) atoms. The molecule has 0 spiro atoms. The van der Waals surface area contributed by atoms with Crippen molar-refractivity contribution in [1.82, 2.24) is 14.9 Å². The van der Waals surface area contributed by atoms with E-state index in [1.54, 1.807) is 23.1 Å². The van der Waals surface area contributed by atoms with Crippen LogP contribution in [0.1, 0.15) is 12.1 Å². The quantitative estimate of drug-likeness (QED) is 0.291. The number of hydrogen-bond acceptors (Lipinski definition) is 9. The first kappa shape index (κ1) is 25.9. The molecule has 0 atom stereocenters. The number of halogens is 2. The smallest absolute Gasteiger partial charge is 0.241 e. The van der Waals surface area contributed by atoms with E-state index in [1.165, 1.54) is 6.07 Å². The second-order valence-electron chi connectivity index (χ2n) is 8.48. The third-order valence-corrected chi connectivity index (χ3v) is 6.39. The molecule has 0 unspecified atom stereocenters. The molecule has 1 aliphatic rings. The summed E-state index contributed by atoms with van der Waals surface area (Å²) in [4.78, 5) is 25.5. The maximum Gasteiger partial charge on any atom is 0.241 e. The van der Waals surface area contributed by atoms with Crippen LogP contribution < -0.4 is 21.2 Å². The Kier molecular flexibility index (Phi) is 8.12. The summed E-state index contributed by atoms with van der Waals surface area (Å²) >= 11 is 12.6. The molecule has 4 rings (SSSR count). The van der Waals surface area contributed by atoms with Crippen LogP contribution >= 0.6 is 23.2 Å². The lowest BCUT2D eigenvalue weighted by molar-refractivity contribution is -0.120. The molecule has 2 aromatic heterocycles. The Morgan fingerprint density at radius 2 is 1.97 bits per heavy atom. The van der Waals surface area contributed by atoms with Crippen molar-refractivity contribution < 1.29 is 10.0 Å². The molecule has 0 radical (unpaired) electrons. The lowest BCUT2D eigenvalue weighted by Gasteiger charge is -2.33. The fraction of sp³-hybridized carbons (Fsp3) is 0.292. The predicted octanol–water partition coefficient (Wildman–Crippen LogP) is 4.05. The molecule has 3 heterocycles. The highest BCUT2D eigenvalue weighted by Gasteiger charge is 2.26. The molecule has 1 aromatic carbocycles. The maximum absolute atomic E-state index is 12.8. The van der Waals surface area contributed by atoms with Crippen molar-refractivity contribution in [3.63, 3.8) is 0 Å². The molecule has 4 N–H and O–H groups in total. The van der Waals surface area contributed by atoms with E-state index < -0.39 is 0 Å². The summed E-state index contributed by atoms with van der Waals surface area (Å²) in [5.41, 5.74) is 8.48. The molecular weight excluding hydrogens is 505 g/mol. The van der Waals surface area contributed by atoms with Gasteiger partial charge in [0.25, 0.3) is 0 Å². The van der Waals surface area contributed by atoms with Crippen LogP contribution in [-0.2, 0) is 11.2 Å².